The monoisotopic (exact) mass is 211 g/mol. The predicted molar refractivity (Wildman–Crippen MR) is 60.6 cm³/mol. The van der Waals surface area contributed by atoms with Crippen LogP contribution in [-0.2, 0) is 6.54 Å². The number of thioether (sulfide) groups is 1. The van der Waals surface area contributed by atoms with Crippen molar-refractivity contribution >= 4 is 11.8 Å². The summed E-state index contributed by atoms with van der Waals surface area (Å²) in [5.41, 5.74) is 0. The predicted octanol–water partition coefficient (Wildman–Crippen LogP) is 2.57. The Kier molecular flexibility index (Phi) is 3.19. The Hall–Kier alpha value is -0.410. The van der Waals surface area contributed by atoms with Crippen LogP contribution in [0.4, 0.5) is 0 Å². The maximum atomic E-state index is 5.50. The fraction of sp³-hybridized carbons (Fsp3) is 0.636. The molecule has 1 aliphatic heterocycles. The molecule has 1 aliphatic rings. The van der Waals surface area contributed by atoms with E-state index in [1.54, 1.807) is 0 Å². The van der Waals surface area contributed by atoms with Crippen molar-refractivity contribution in [3.8, 4) is 0 Å². The fourth-order valence-electron chi connectivity index (χ4n) is 1.78. The zero-order valence-corrected chi connectivity index (χ0v) is 9.56. The van der Waals surface area contributed by atoms with Crippen molar-refractivity contribution in [3.05, 3.63) is 23.7 Å². The molecule has 78 valence electrons. The molecule has 0 aromatic carbocycles. The molecule has 1 fully saturated rings. The molecule has 1 aromatic heterocycles. The van der Waals surface area contributed by atoms with Gasteiger partial charge in [-0.25, -0.2) is 0 Å². The molecule has 2 nitrogen and oxygen atoms in total. The Morgan fingerprint density at radius 2 is 2.43 bits per heavy atom. The van der Waals surface area contributed by atoms with Crippen molar-refractivity contribution in [2.45, 2.75) is 38.1 Å². The van der Waals surface area contributed by atoms with Crippen molar-refractivity contribution in [3.63, 3.8) is 0 Å². The lowest BCUT2D eigenvalue weighted by Crippen LogP contribution is -2.28. The third-order valence-electron chi connectivity index (χ3n) is 2.56. The largest absolute Gasteiger partial charge is 0.465 e. The Balaban J connectivity index is 1.77. The van der Waals surface area contributed by atoms with Gasteiger partial charge in [-0.1, -0.05) is 6.92 Å². The molecule has 0 spiro atoms. The van der Waals surface area contributed by atoms with Gasteiger partial charge in [-0.3, -0.25) is 0 Å². The average molecular weight is 211 g/mol. The first-order chi connectivity index (χ1) is 6.74. The van der Waals surface area contributed by atoms with Gasteiger partial charge < -0.3 is 9.73 Å². The lowest BCUT2D eigenvalue weighted by molar-refractivity contribution is 0.438. The summed E-state index contributed by atoms with van der Waals surface area (Å²) < 4.78 is 5.50. The summed E-state index contributed by atoms with van der Waals surface area (Å²) in [5, 5.41) is 4.34. The Labute approximate surface area is 89.4 Å². The van der Waals surface area contributed by atoms with Crippen LogP contribution in [0.1, 0.15) is 24.9 Å². The van der Waals surface area contributed by atoms with Crippen LogP contribution in [0, 0.1) is 6.92 Å². The second-order valence-electron chi connectivity index (χ2n) is 3.97. The van der Waals surface area contributed by atoms with Crippen molar-refractivity contribution in [1.82, 2.24) is 5.32 Å². The van der Waals surface area contributed by atoms with Gasteiger partial charge in [-0.05, 0) is 25.5 Å². The quantitative estimate of drug-likeness (QED) is 0.832. The minimum Gasteiger partial charge on any atom is -0.465 e. The molecule has 2 rings (SSSR count). The second kappa shape index (κ2) is 4.41. The van der Waals surface area contributed by atoms with Crippen molar-refractivity contribution in [2.24, 2.45) is 0 Å². The van der Waals surface area contributed by atoms with E-state index in [1.807, 2.05) is 19.1 Å². The highest BCUT2D eigenvalue weighted by molar-refractivity contribution is 8.00. The van der Waals surface area contributed by atoms with Crippen molar-refractivity contribution < 1.29 is 4.42 Å². The Morgan fingerprint density at radius 3 is 3.00 bits per heavy atom. The number of hydrogen-bond donors (Lipinski definition) is 1. The van der Waals surface area contributed by atoms with E-state index < -0.39 is 0 Å². The van der Waals surface area contributed by atoms with E-state index in [0.29, 0.717) is 6.04 Å². The highest BCUT2D eigenvalue weighted by Gasteiger charge is 2.21. The summed E-state index contributed by atoms with van der Waals surface area (Å²) >= 11 is 2.05. The van der Waals surface area contributed by atoms with Crippen LogP contribution in [0.15, 0.2) is 16.5 Å². The van der Waals surface area contributed by atoms with Gasteiger partial charge in [-0.15, -0.1) is 0 Å². The summed E-state index contributed by atoms with van der Waals surface area (Å²) in [6.07, 6.45) is 1.28. The van der Waals surface area contributed by atoms with E-state index in [9.17, 15) is 0 Å². The first kappa shape index (κ1) is 10.1. The van der Waals surface area contributed by atoms with Crippen molar-refractivity contribution in [2.75, 3.05) is 5.75 Å². The number of furan rings is 1. The van der Waals surface area contributed by atoms with E-state index >= 15 is 0 Å². The molecule has 3 heteroatoms. The molecular weight excluding hydrogens is 194 g/mol. The van der Waals surface area contributed by atoms with Crippen molar-refractivity contribution in [1.29, 1.82) is 0 Å². The van der Waals surface area contributed by atoms with Crippen LogP contribution >= 0.6 is 11.8 Å². The molecule has 1 saturated heterocycles. The summed E-state index contributed by atoms with van der Waals surface area (Å²) in [6, 6.07) is 4.73. The Morgan fingerprint density at radius 1 is 1.57 bits per heavy atom. The third-order valence-corrected chi connectivity index (χ3v) is 3.92. The van der Waals surface area contributed by atoms with E-state index in [-0.39, 0.29) is 0 Å². The topological polar surface area (TPSA) is 25.2 Å². The van der Waals surface area contributed by atoms with Gasteiger partial charge in [0, 0.05) is 17.0 Å². The standard InChI is InChI=1S/C11H17NOS/c1-8-3-4-11(13-8)6-12-10-5-9(2)14-7-10/h3-4,9-10,12H,5-7H2,1-2H3. The maximum Gasteiger partial charge on any atom is 0.117 e. The first-order valence-corrected chi connectivity index (χ1v) is 6.19. The zero-order chi connectivity index (χ0) is 9.97. The van der Waals surface area contributed by atoms with Crippen LogP contribution in [-0.4, -0.2) is 17.0 Å². The second-order valence-corrected chi connectivity index (χ2v) is 5.44. The summed E-state index contributed by atoms with van der Waals surface area (Å²) in [5.74, 6) is 3.28. The first-order valence-electron chi connectivity index (χ1n) is 5.14. The molecule has 1 aromatic rings. The average Bonchev–Trinajstić information content (AvgIpc) is 2.72. The van der Waals surface area contributed by atoms with Crippen LogP contribution in [0.5, 0.6) is 0 Å². The van der Waals surface area contributed by atoms with E-state index in [1.165, 1.54) is 12.2 Å². The van der Waals surface area contributed by atoms with Crippen LogP contribution < -0.4 is 5.32 Å². The highest BCUT2D eigenvalue weighted by atomic mass is 32.2. The number of rotatable bonds is 3. The van der Waals surface area contributed by atoms with Gasteiger partial charge in [-0.2, -0.15) is 11.8 Å². The summed E-state index contributed by atoms with van der Waals surface area (Å²) in [4.78, 5) is 0. The molecule has 2 heterocycles. The smallest absolute Gasteiger partial charge is 0.117 e. The minimum absolute atomic E-state index is 0.667. The van der Waals surface area contributed by atoms with E-state index in [4.69, 9.17) is 4.42 Å². The molecule has 0 aliphatic carbocycles. The van der Waals surface area contributed by atoms with Gasteiger partial charge in [0.05, 0.1) is 6.54 Å². The Bertz CT molecular complexity index is 297. The molecule has 14 heavy (non-hydrogen) atoms. The molecule has 1 N–H and O–H groups in total. The molecule has 2 unspecified atom stereocenters. The summed E-state index contributed by atoms with van der Waals surface area (Å²) in [6.45, 7) is 5.15. The lowest BCUT2D eigenvalue weighted by Gasteiger charge is -2.09. The van der Waals surface area contributed by atoms with Crippen LogP contribution in [0.25, 0.3) is 0 Å². The zero-order valence-electron chi connectivity index (χ0n) is 8.75. The van der Waals surface area contributed by atoms with Gasteiger partial charge in [0.15, 0.2) is 0 Å². The van der Waals surface area contributed by atoms with E-state index in [0.717, 1.165) is 23.3 Å². The minimum atomic E-state index is 0.667. The van der Waals surface area contributed by atoms with E-state index in [2.05, 4.69) is 24.0 Å². The molecule has 0 amide bonds. The van der Waals surface area contributed by atoms with Gasteiger partial charge >= 0.3 is 0 Å². The van der Waals surface area contributed by atoms with Crippen LogP contribution in [0.2, 0.25) is 0 Å². The van der Waals surface area contributed by atoms with Crippen LogP contribution in [0.3, 0.4) is 0 Å². The molecule has 2 atom stereocenters. The SMILES string of the molecule is Cc1ccc(CNC2CSC(C)C2)o1. The number of nitrogens with one attached hydrogen (secondary N) is 1. The third kappa shape index (κ3) is 2.55. The molecule has 0 bridgehead atoms. The molecular formula is C11H17NOS. The number of aryl methyl sites for hydroxylation is 1. The fourth-order valence-corrected chi connectivity index (χ4v) is 2.97. The van der Waals surface area contributed by atoms with Gasteiger partial charge in [0.25, 0.3) is 0 Å². The summed E-state index contributed by atoms with van der Waals surface area (Å²) in [7, 11) is 0. The normalized spacial score (nSPS) is 27.0. The molecule has 0 saturated carbocycles. The number of hydrogen-bond acceptors (Lipinski definition) is 3. The van der Waals surface area contributed by atoms with Gasteiger partial charge in [0.1, 0.15) is 11.5 Å². The highest BCUT2D eigenvalue weighted by Crippen LogP contribution is 2.26. The molecule has 0 radical (unpaired) electrons. The lowest BCUT2D eigenvalue weighted by atomic mass is 10.2. The van der Waals surface area contributed by atoms with Gasteiger partial charge in [0.2, 0.25) is 0 Å². The maximum absolute atomic E-state index is 5.50.